The number of hydrogen-bond acceptors (Lipinski definition) is 7. The molecule has 0 amide bonds. The second-order valence-corrected chi connectivity index (χ2v) is 11.0. The van der Waals surface area contributed by atoms with E-state index in [4.69, 9.17) is 9.97 Å². The maximum absolute atomic E-state index is 5.08. The number of hydrogen-bond donors (Lipinski definition) is 3. The zero-order valence-electron chi connectivity index (χ0n) is 20.8. The predicted octanol–water partition coefficient (Wildman–Crippen LogP) is 6.12. The average Bonchev–Trinajstić information content (AvgIpc) is 3.63. The fraction of sp³-hybridized carbons (Fsp3) is 0.357. The van der Waals surface area contributed by atoms with Gasteiger partial charge in [0.2, 0.25) is 5.95 Å². The molecule has 1 saturated heterocycles. The molecule has 3 aliphatic rings. The zero-order chi connectivity index (χ0) is 24.2. The summed E-state index contributed by atoms with van der Waals surface area (Å²) in [5, 5.41) is 8.12. The molecule has 5 heterocycles. The highest BCUT2D eigenvalue weighted by Gasteiger charge is 2.36. The summed E-state index contributed by atoms with van der Waals surface area (Å²) < 4.78 is 4.64. The standard InChI is InChI=1S/C28H31N7S/c1-3-18-16-22(19-7-11-29-12-8-19)17(2)15-23(18)31-28-32-26-21(9-13-30-26)27(33-28)35-24-6-4-5-20-10-14-34(36-35)25(20)24/h4-6,9,13,15-16,19,29H,3,7-8,10-12,14H2,1-2H3,(H2,30,31,32,33). The third-order valence-electron chi connectivity index (χ3n) is 7.82. The molecule has 0 bridgehead atoms. The number of H-pyrrole nitrogens is 1. The fourth-order valence-electron chi connectivity index (χ4n) is 5.95. The van der Waals surface area contributed by atoms with E-state index in [9.17, 15) is 0 Å². The molecule has 7 rings (SSSR count). The molecule has 0 radical (unpaired) electrons. The molecule has 1 fully saturated rings. The number of aromatic nitrogens is 3. The average molecular weight is 498 g/mol. The molecule has 4 aromatic rings. The second-order valence-electron chi connectivity index (χ2n) is 9.99. The third-order valence-corrected chi connectivity index (χ3v) is 8.91. The highest BCUT2D eigenvalue weighted by atomic mass is 32.2. The van der Waals surface area contributed by atoms with Crippen LogP contribution in [0.4, 0.5) is 28.8 Å². The summed E-state index contributed by atoms with van der Waals surface area (Å²) in [6.07, 6.45) is 6.43. The number of rotatable bonds is 5. The van der Waals surface area contributed by atoms with Crippen molar-refractivity contribution >= 4 is 52.0 Å². The first-order chi connectivity index (χ1) is 17.7. The summed E-state index contributed by atoms with van der Waals surface area (Å²) in [7, 11) is 0. The molecule has 3 N–H and O–H groups in total. The Morgan fingerprint density at radius 1 is 1.14 bits per heavy atom. The molecular formula is C28H31N7S. The van der Waals surface area contributed by atoms with Gasteiger partial charge in [0.1, 0.15) is 5.65 Å². The van der Waals surface area contributed by atoms with Crippen LogP contribution in [0.2, 0.25) is 0 Å². The van der Waals surface area contributed by atoms with Gasteiger partial charge in [0.15, 0.2) is 5.82 Å². The van der Waals surface area contributed by atoms with Crippen molar-refractivity contribution in [3.8, 4) is 0 Å². The first-order valence-electron chi connectivity index (χ1n) is 13.0. The number of nitrogens with one attached hydrogen (secondary N) is 3. The number of fused-ring (bicyclic) bond motifs is 1. The number of para-hydroxylation sites is 1. The van der Waals surface area contributed by atoms with Gasteiger partial charge in [0.25, 0.3) is 0 Å². The highest BCUT2D eigenvalue weighted by molar-refractivity contribution is 8.02. The van der Waals surface area contributed by atoms with E-state index in [0.29, 0.717) is 11.9 Å². The summed E-state index contributed by atoms with van der Waals surface area (Å²) in [4.78, 5) is 13.2. The lowest BCUT2D eigenvalue weighted by Crippen LogP contribution is -2.27. The Bertz CT molecular complexity index is 1460. The van der Waals surface area contributed by atoms with Crippen LogP contribution in [-0.2, 0) is 12.8 Å². The Morgan fingerprint density at radius 2 is 2.03 bits per heavy atom. The Hall–Kier alpha value is -3.23. The maximum atomic E-state index is 5.08. The van der Waals surface area contributed by atoms with Crippen LogP contribution in [-0.4, -0.2) is 34.6 Å². The van der Waals surface area contributed by atoms with E-state index in [2.05, 4.69) is 74.5 Å². The van der Waals surface area contributed by atoms with Crippen LogP contribution >= 0.6 is 12.1 Å². The number of benzene rings is 2. The molecule has 0 unspecified atom stereocenters. The first kappa shape index (κ1) is 22.0. The zero-order valence-corrected chi connectivity index (χ0v) is 21.6. The lowest BCUT2D eigenvalue weighted by molar-refractivity contribution is 0.459. The Morgan fingerprint density at radius 3 is 2.89 bits per heavy atom. The molecule has 0 spiro atoms. The smallest absolute Gasteiger partial charge is 0.231 e. The second kappa shape index (κ2) is 8.71. The quantitative estimate of drug-likeness (QED) is 0.287. The molecule has 0 aliphatic carbocycles. The molecule has 0 saturated carbocycles. The molecular weight excluding hydrogens is 466 g/mol. The molecule has 0 atom stereocenters. The summed E-state index contributed by atoms with van der Waals surface area (Å²) in [5.74, 6) is 2.18. The summed E-state index contributed by atoms with van der Waals surface area (Å²) in [5.41, 5.74) is 10.1. The van der Waals surface area contributed by atoms with Crippen molar-refractivity contribution in [3.63, 3.8) is 0 Å². The van der Waals surface area contributed by atoms with Gasteiger partial charge in [0, 0.05) is 18.4 Å². The number of nitrogens with zero attached hydrogens (tertiary/aromatic N) is 4. The van der Waals surface area contributed by atoms with Crippen molar-refractivity contribution in [2.24, 2.45) is 0 Å². The van der Waals surface area contributed by atoms with Crippen molar-refractivity contribution in [2.75, 3.05) is 33.6 Å². The fourth-order valence-corrected chi connectivity index (χ4v) is 7.07. The van der Waals surface area contributed by atoms with Crippen LogP contribution in [0.5, 0.6) is 0 Å². The lowest BCUT2D eigenvalue weighted by atomic mass is 9.85. The molecule has 7 nitrogen and oxygen atoms in total. The molecule has 36 heavy (non-hydrogen) atoms. The van der Waals surface area contributed by atoms with E-state index in [0.717, 1.165) is 55.0 Å². The van der Waals surface area contributed by atoms with Gasteiger partial charge in [-0.05, 0) is 92.1 Å². The van der Waals surface area contributed by atoms with E-state index in [1.807, 2.05) is 6.20 Å². The van der Waals surface area contributed by atoms with Gasteiger partial charge < -0.3 is 15.6 Å². The Labute approximate surface area is 216 Å². The SMILES string of the molecule is CCc1cc(C2CCNCC2)c(C)cc1Nc1nc(N2SN3CCc4cccc2c43)c2cc[nH]c2n1. The van der Waals surface area contributed by atoms with Crippen LogP contribution in [0.15, 0.2) is 42.6 Å². The van der Waals surface area contributed by atoms with Crippen LogP contribution in [0.3, 0.4) is 0 Å². The van der Waals surface area contributed by atoms with Crippen LogP contribution in [0, 0.1) is 6.92 Å². The molecule has 2 aromatic heterocycles. The van der Waals surface area contributed by atoms with E-state index >= 15 is 0 Å². The van der Waals surface area contributed by atoms with E-state index in [-0.39, 0.29) is 0 Å². The molecule has 3 aliphatic heterocycles. The predicted molar refractivity (Wildman–Crippen MR) is 150 cm³/mol. The topological polar surface area (TPSA) is 72.1 Å². The Balaban J connectivity index is 1.27. The minimum absolute atomic E-state index is 0.623. The van der Waals surface area contributed by atoms with E-state index < -0.39 is 0 Å². The number of aromatic amines is 1. The minimum Gasteiger partial charge on any atom is -0.346 e. The van der Waals surface area contributed by atoms with Gasteiger partial charge in [-0.15, -0.1) is 0 Å². The molecule has 2 aromatic carbocycles. The molecule has 8 heteroatoms. The lowest BCUT2D eigenvalue weighted by Gasteiger charge is -2.26. The summed E-state index contributed by atoms with van der Waals surface area (Å²) >= 11 is 1.74. The van der Waals surface area contributed by atoms with Gasteiger partial charge >= 0.3 is 0 Å². The van der Waals surface area contributed by atoms with Crippen molar-refractivity contribution in [1.82, 2.24) is 20.3 Å². The van der Waals surface area contributed by atoms with Crippen LogP contribution in [0.25, 0.3) is 11.0 Å². The number of aryl methyl sites for hydroxylation is 2. The van der Waals surface area contributed by atoms with Gasteiger partial charge in [-0.1, -0.05) is 25.1 Å². The summed E-state index contributed by atoms with van der Waals surface area (Å²) in [6, 6.07) is 13.4. The van der Waals surface area contributed by atoms with Gasteiger partial charge in [0.05, 0.1) is 28.9 Å². The minimum atomic E-state index is 0.623. The van der Waals surface area contributed by atoms with Gasteiger partial charge in [-0.2, -0.15) is 9.97 Å². The van der Waals surface area contributed by atoms with Crippen molar-refractivity contribution in [1.29, 1.82) is 0 Å². The van der Waals surface area contributed by atoms with E-state index in [1.54, 1.807) is 12.1 Å². The van der Waals surface area contributed by atoms with E-state index in [1.165, 1.54) is 46.5 Å². The number of anilines is 5. The third kappa shape index (κ3) is 3.54. The van der Waals surface area contributed by atoms with Gasteiger partial charge in [-0.3, -0.25) is 4.31 Å². The largest absolute Gasteiger partial charge is 0.346 e. The monoisotopic (exact) mass is 497 g/mol. The maximum Gasteiger partial charge on any atom is 0.231 e. The number of piperidine rings is 1. The normalized spacial score (nSPS) is 17.3. The van der Waals surface area contributed by atoms with Crippen molar-refractivity contribution in [2.45, 2.75) is 45.4 Å². The summed E-state index contributed by atoms with van der Waals surface area (Å²) in [6.45, 7) is 7.71. The molecule has 184 valence electrons. The van der Waals surface area contributed by atoms with Crippen LogP contribution in [0.1, 0.15) is 47.9 Å². The van der Waals surface area contributed by atoms with Crippen molar-refractivity contribution in [3.05, 3.63) is 64.8 Å². The van der Waals surface area contributed by atoms with Crippen molar-refractivity contribution < 1.29 is 0 Å². The van der Waals surface area contributed by atoms with Gasteiger partial charge in [-0.25, -0.2) is 4.31 Å². The van der Waals surface area contributed by atoms with Crippen LogP contribution < -0.4 is 19.2 Å². The Kier molecular flexibility index (Phi) is 5.32. The first-order valence-corrected chi connectivity index (χ1v) is 13.8. The highest BCUT2D eigenvalue weighted by Crippen LogP contribution is 2.53.